The van der Waals surface area contributed by atoms with Crippen molar-refractivity contribution >= 4 is 23.4 Å². The minimum absolute atomic E-state index is 0.0238. The maximum Gasteiger partial charge on any atom is 0.254 e. The van der Waals surface area contributed by atoms with Gasteiger partial charge in [0.1, 0.15) is 24.6 Å². The summed E-state index contributed by atoms with van der Waals surface area (Å²) in [6.45, 7) is 6.63. The molecule has 0 spiro atoms. The molecule has 4 aromatic rings. The molecule has 1 aliphatic heterocycles. The molecule has 0 saturated carbocycles. The highest BCUT2D eigenvalue weighted by atomic mass is 16.5. The molecule has 2 N–H and O–H groups in total. The minimum Gasteiger partial charge on any atom is -0.493 e. The average molecular weight is 590 g/mol. The molecule has 0 unspecified atom stereocenters. The number of ether oxygens (including phenoxy) is 2. The lowest BCUT2D eigenvalue weighted by Crippen LogP contribution is -2.44. The van der Waals surface area contributed by atoms with Gasteiger partial charge in [0.25, 0.3) is 11.8 Å². The Morgan fingerprint density at radius 1 is 1.16 bits per heavy atom. The molecule has 0 saturated heterocycles. The molecule has 14 nitrogen and oxygen atoms in total. The molecule has 3 amide bonds. The number of nitrogens with one attached hydrogen (secondary N) is 2. The molecule has 0 aliphatic carbocycles. The first kappa shape index (κ1) is 29.5. The average Bonchev–Trinajstić information content (AvgIpc) is 3.61. The zero-order valence-corrected chi connectivity index (χ0v) is 24.6. The van der Waals surface area contributed by atoms with Crippen LogP contribution in [0.15, 0.2) is 42.9 Å². The van der Waals surface area contributed by atoms with E-state index in [0.29, 0.717) is 52.9 Å². The van der Waals surface area contributed by atoms with E-state index in [1.165, 1.54) is 18.3 Å². The molecule has 3 aromatic heterocycles. The van der Waals surface area contributed by atoms with Crippen molar-refractivity contribution in [2.45, 2.75) is 39.8 Å². The summed E-state index contributed by atoms with van der Waals surface area (Å²) in [5, 5.41) is 14.6. The van der Waals surface area contributed by atoms with Gasteiger partial charge in [-0.2, -0.15) is 10.2 Å². The number of methoxy groups -OCH3 is 1. The van der Waals surface area contributed by atoms with Crippen LogP contribution in [0.1, 0.15) is 58.7 Å². The number of amides is 3. The molecule has 0 radical (unpaired) electrons. The van der Waals surface area contributed by atoms with Crippen LogP contribution in [-0.2, 0) is 11.3 Å². The number of rotatable bonds is 3. The van der Waals surface area contributed by atoms with Gasteiger partial charge in [-0.05, 0) is 49.6 Å². The summed E-state index contributed by atoms with van der Waals surface area (Å²) in [4.78, 5) is 50.3. The van der Waals surface area contributed by atoms with Crippen LogP contribution in [0.4, 0.5) is 0 Å². The number of carbonyl (C=O) groups excluding carboxylic acids is 3. The number of hydrogen-bond acceptors (Lipinski definition) is 9. The molecule has 4 heterocycles. The number of carbonyl (C=O) groups is 3. The first-order valence-electron chi connectivity index (χ1n) is 14.1. The number of aryl methyl sites for hydroxylation is 1. The molecular weight excluding hydrogens is 554 g/mol. The van der Waals surface area contributed by atoms with Crippen molar-refractivity contribution in [2.75, 3.05) is 33.4 Å². The topological polar surface area (TPSA) is 158 Å². The monoisotopic (exact) mass is 589 g/mol. The Morgan fingerprint density at radius 2 is 2.00 bits per heavy atom. The molecule has 14 heteroatoms. The predicted molar refractivity (Wildman–Crippen MR) is 155 cm³/mol. The van der Waals surface area contributed by atoms with Crippen LogP contribution in [0, 0.1) is 12.8 Å². The highest BCUT2D eigenvalue weighted by Gasteiger charge is 2.27. The Bertz CT molecular complexity index is 1630. The maximum absolute atomic E-state index is 13.6. The van der Waals surface area contributed by atoms with Crippen molar-refractivity contribution in [3.8, 4) is 11.5 Å². The molecule has 0 fully saturated rings. The zero-order chi connectivity index (χ0) is 30.5. The van der Waals surface area contributed by atoms with Crippen molar-refractivity contribution in [1.82, 2.24) is 44.9 Å². The Morgan fingerprint density at radius 3 is 2.79 bits per heavy atom. The van der Waals surface area contributed by atoms with E-state index in [0.717, 1.165) is 0 Å². The van der Waals surface area contributed by atoms with Crippen molar-refractivity contribution in [2.24, 2.45) is 5.92 Å². The number of benzene rings is 1. The van der Waals surface area contributed by atoms with E-state index in [2.05, 4.69) is 30.8 Å². The Hall–Kier alpha value is -5.01. The molecule has 2 bridgehead atoms. The van der Waals surface area contributed by atoms with Gasteiger partial charge >= 0.3 is 0 Å². The van der Waals surface area contributed by atoms with Crippen LogP contribution in [0.3, 0.4) is 0 Å². The van der Waals surface area contributed by atoms with Crippen LogP contribution in [-0.4, -0.2) is 85.3 Å². The van der Waals surface area contributed by atoms with E-state index >= 15 is 0 Å². The maximum atomic E-state index is 13.6. The van der Waals surface area contributed by atoms with Gasteiger partial charge in [-0.15, -0.1) is 0 Å². The normalized spacial score (nSPS) is 17.0. The third kappa shape index (κ3) is 6.74. The number of aromatic nitrogens is 6. The van der Waals surface area contributed by atoms with Gasteiger partial charge in [0, 0.05) is 30.4 Å². The SMILES string of the molecule is COc1ccc2cc1OCCn1nc(C)nc1[C@H](C(C)C)NC(=O)CN(C(=O)c1ccn3ncnc3c1)CCCNC2=O. The number of fused-ring (bicyclic) bond motifs is 4. The fraction of sp³-hybridized carbons (Fsp3) is 0.414. The summed E-state index contributed by atoms with van der Waals surface area (Å²) in [5.74, 6) is 1.05. The summed E-state index contributed by atoms with van der Waals surface area (Å²) in [6, 6.07) is 7.79. The van der Waals surface area contributed by atoms with Gasteiger partial charge in [-0.1, -0.05) is 13.8 Å². The van der Waals surface area contributed by atoms with Gasteiger partial charge in [0.2, 0.25) is 5.91 Å². The highest BCUT2D eigenvalue weighted by molar-refractivity contribution is 5.97. The first-order chi connectivity index (χ1) is 20.7. The second-order valence-corrected chi connectivity index (χ2v) is 10.6. The fourth-order valence-electron chi connectivity index (χ4n) is 4.92. The lowest BCUT2D eigenvalue weighted by molar-refractivity contribution is -0.123. The third-order valence-electron chi connectivity index (χ3n) is 7.09. The van der Waals surface area contributed by atoms with Gasteiger partial charge in [0.15, 0.2) is 17.1 Å². The van der Waals surface area contributed by atoms with E-state index in [1.54, 1.807) is 52.6 Å². The van der Waals surface area contributed by atoms with E-state index < -0.39 is 6.04 Å². The molecule has 1 aromatic carbocycles. The molecule has 1 atom stereocenters. The minimum atomic E-state index is -0.464. The standard InChI is InChI=1S/C29H35N9O5/c1-18(2)26-27-33-19(3)35-38(27)12-13-43-23-14-20(6-7-22(23)42-4)28(40)30-9-5-10-36(16-25(39)34-26)29(41)21-8-11-37-24(15-21)31-17-32-37/h6-8,11,14-15,17-18,26H,5,9-10,12-13,16H2,1-4H3,(H,30,40)(H,34,39)/t26-/m0/s1. The Kier molecular flexibility index (Phi) is 8.83. The molecular formula is C29H35N9O5. The Balaban J connectivity index is 1.45. The Labute approximate surface area is 248 Å². The lowest BCUT2D eigenvalue weighted by atomic mass is 10.0. The molecule has 5 rings (SSSR count). The molecule has 226 valence electrons. The van der Waals surface area contributed by atoms with Gasteiger partial charge < -0.3 is 25.0 Å². The zero-order valence-electron chi connectivity index (χ0n) is 24.6. The van der Waals surface area contributed by atoms with Crippen LogP contribution < -0.4 is 20.1 Å². The summed E-state index contributed by atoms with van der Waals surface area (Å²) >= 11 is 0. The van der Waals surface area contributed by atoms with E-state index in [-0.39, 0.29) is 49.9 Å². The van der Waals surface area contributed by atoms with Crippen LogP contribution in [0.25, 0.3) is 5.65 Å². The number of pyridine rings is 1. The summed E-state index contributed by atoms with van der Waals surface area (Å²) in [6.07, 6.45) is 3.47. The van der Waals surface area contributed by atoms with Gasteiger partial charge in [-0.25, -0.2) is 19.2 Å². The van der Waals surface area contributed by atoms with Crippen molar-refractivity contribution in [3.05, 3.63) is 65.6 Å². The van der Waals surface area contributed by atoms with E-state index in [9.17, 15) is 14.4 Å². The predicted octanol–water partition coefficient (Wildman–Crippen LogP) is 1.81. The largest absolute Gasteiger partial charge is 0.493 e. The van der Waals surface area contributed by atoms with Crippen LogP contribution >= 0.6 is 0 Å². The second kappa shape index (κ2) is 12.9. The van der Waals surface area contributed by atoms with E-state index in [1.807, 2.05) is 13.8 Å². The summed E-state index contributed by atoms with van der Waals surface area (Å²) < 4.78 is 14.7. The smallest absolute Gasteiger partial charge is 0.254 e. The van der Waals surface area contributed by atoms with Crippen molar-refractivity contribution < 1.29 is 23.9 Å². The van der Waals surface area contributed by atoms with Crippen molar-refractivity contribution in [3.63, 3.8) is 0 Å². The summed E-state index contributed by atoms with van der Waals surface area (Å²) in [5.41, 5.74) is 1.30. The summed E-state index contributed by atoms with van der Waals surface area (Å²) in [7, 11) is 1.53. The van der Waals surface area contributed by atoms with Crippen molar-refractivity contribution in [1.29, 1.82) is 0 Å². The quantitative estimate of drug-likeness (QED) is 0.364. The van der Waals surface area contributed by atoms with E-state index in [4.69, 9.17) is 9.47 Å². The van der Waals surface area contributed by atoms with Crippen LogP contribution in [0.5, 0.6) is 11.5 Å². The number of nitrogens with zero attached hydrogens (tertiary/aromatic N) is 7. The second-order valence-electron chi connectivity index (χ2n) is 10.6. The fourth-order valence-corrected chi connectivity index (χ4v) is 4.92. The van der Waals surface area contributed by atoms with Gasteiger partial charge in [0.05, 0.1) is 26.2 Å². The molecule has 1 aliphatic rings. The van der Waals surface area contributed by atoms with Crippen LogP contribution in [0.2, 0.25) is 0 Å². The molecule has 43 heavy (non-hydrogen) atoms. The highest BCUT2D eigenvalue weighted by Crippen LogP contribution is 2.28. The third-order valence-corrected chi connectivity index (χ3v) is 7.09. The first-order valence-corrected chi connectivity index (χ1v) is 14.1. The lowest BCUT2D eigenvalue weighted by Gasteiger charge is -2.26. The number of hydrogen-bond donors (Lipinski definition) is 2. The van der Waals surface area contributed by atoms with Gasteiger partial charge in [-0.3, -0.25) is 14.4 Å².